The zero-order valence-electron chi connectivity index (χ0n) is 8.27. The Balaban J connectivity index is 2.55. The van der Waals surface area contributed by atoms with Gasteiger partial charge in [-0.15, -0.1) is 6.58 Å². The van der Waals surface area contributed by atoms with Crippen molar-refractivity contribution in [1.29, 1.82) is 0 Å². The van der Waals surface area contributed by atoms with E-state index in [1.54, 1.807) is 0 Å². The van der Waals surface area contributed by atoms with Crippen LogP contribution in [0.2, 0.25) is 0 Å². The minimum absolute atomic E-state index is 0.803. The second-order valence-electron chi connectivity index (χ2n) is 3.19. The molecule has 2 aromatic heterocycles. The largest absolute Gasteiger partial charge is 0.235 e. The highest BCUT2D eigenvalue weighted by molar-refractivity contribution is 5.39. The number of hydrogen-bond donors (Lipinski definition) is 0. The Morgan fingerprint density at radius 3 is 3.07 bits per heavy atom. The van der Waals surface area contributed by atoms with Gasteiger partial charge in [0.2, 0.25) is 0 Å². The first-order valence-corrected chi connectivity index (χ1v) is 4.78. The van der Waals surface area contributed by atoms with E-state index < -0.39 is 0 Å². The second kappa shape index (κ2) is 3.62. The number of aryl methyl sites for hydroxylation is 1. The minimum Gasteiger partial charge on any atom is -0.235 e. The molecule has 0 N–H and O–H groups in total. The van der Waals surface area contributed by atoms with Gasteiger partial charge in [0.15, 0.2) is 5.65 Å². The van der Waals surface area contributed by atoms with Crippen LogP contribution in [0.4, 0.5) is 0 Å². The van der Waals surface area contributed by atoms with Crippen molar-refractivity contribution >= 4 is 5.65 Å². The lowest BCUT2D eigenvalue weighted by molar-refractivity contribution is 0.825. The van der Waals surface area contributed by atoms with Crippen LogP contribution in [0, 0.1) is 0 Å². The Hall–Kier alpha value is -1.64. The summed E-state index contributed by atoms with van der Waals surface area (Å²) in [7, 11) is 0. The highest BCUT2D eigenvalue weighted by atomic mass is 15.3. The first-order valence-electron chi connectivity index (χ1n) is 4.78. The van der Waals surface area contributed by atoms with Crippen molar-refractivity contribution in [2.24, 2.45) is 0 Å². The zero-order valence-corrected chi connectivity index (χ0v) is 8.27. The molecule has 3 heteroatoms. The summed E-state index contributed by atoms with van der Waals surface area (Å²) in [5.41, 5.74) is 3.08. The molecule has 0 saturated carbocycles. The van der Waals surface area contributed by atoms with Crippen LogP contribution in [0.15, 0.2) is 31.0 Å². The molecule has 0 radical (unpaired) electrons. The van der Waals surface area contributed by atoms with Crippen LogP contribution in [0.25, 0.3) is 5.65 Å². The molecule has 0 unspecified atom stereocenters. The maximum Gasteiger partial charge on any atom is 0.153 e. The normalized spacial score (nSPS) is 10.6. The summed E-state index contributed by atoms with van der Waals surface area (Å²) >= 11 is 0. The molecule has 72 valence electrons. The van der Waals surface area contributed by atoms with Gasteiger partial charge in [-0.05, 0) is 18.6 Å². The molecule has 14 heavy (non-hydrogen) atoms. The van der Waals surface area contributed by atoms with Crippen molar-refractivity contribution in [3.8, 4) is 0 Å². The van der Waals surface area contributed by atoms with E-state index in [2.05, 4.69) is 23.6 Å². The Morgan fingerprint density at radius 2 is 2.36 bits per heavy atom. The number of nitrogens with zero attached hydrogens (tertiary/aromatic N) is 3. The van der Waals surface area contributed by atoms with Gasteiger partial charge in [-0.25, -0.2) is 9.50 Å². The van der Waals surface area contributed by atoms with E-state index in [9.17, 15) is 0 Å². The van der Waals surface area contributed by atoms with Crippen molar-refractivity contribution in [2.45, 2.75) is 19.8 Å². The average molecular weight is 187 g/mol. The molecule has 2 heterocycles. The van der Waals surface area contributed by atoms with Crippen LogP contribution in [-0.2, 0) is 12.8 Å². The summed E-state index contributed by atoms with van der Waals surface area (Å²) in [4.78, 5) is 4.27. The molecular weight excluding hydrogens is 174 g/mol. The summed E-state index contributed by atoms with van der Waals surface area (Å²) in [6, 6.07) is 3.98. The molecule has 0 spiro atoms. The first-order chi connectivity index (χ1) is 6.85. The smallest absolute Gasteiger partial charge is 0.153 e. The summed E-state index contributed by atoms with van der Waals surface area (Å²) < 4.78 is 1.90. The number of aromatic nitrogens is 3. The van der Waals surface area contributed by atoms with Crippen LogP contribution < -0.4 is 0 Å². The summed E-state index contributed by atoms with van der Waals surface area (Å²) in [5, 5.41) is 4.48. The van der Waals surface area contributed by atoms with E-state index in [1.807, 2.05) is 28.9 Å². The molecule has 0 aliphatic heterocycles. The molecular formula is C11H13N3. The second-order valence-corrected chi connectivity index (χ2v) is 3.19. The fraction of sp³-hybridized carbons (Fsp3) is 0.273. The molecule has 3 nitrogen and oxygen atoms in total. The number of allylic oxidation sites excluding steroid dienone is 1. The lowest BCUT2D eigenvalue weighted by Crippen LogP contribution is -1.99. The first kappa shape index (κ1) is 8.94. The molecule has 2 aromatic rings. The molecule has 0 aliphatic rings. The van der Waals surface area contributed by atoms with Crippen LogP contribution in [0.5, 0.6) is 0 Å². The van der Waals surface area contributed by atoms with E-state index in [0.717, 1.165) is 29.9 Å². The molecule has 0 aliphatic carbocycles. The minimum atomic E-state index is 0.803. The quantitative estimate of drug-likeness (QED) is 0.688. The average Bonchev–Trinajstić information content (AvgIpc) is 2.60. The van der Waals surface area contributed by atoms with Crippen molar-refractivity contribution < 1.29 is 0 Å². The topological polar surface area (TPSA) is 30.2 Å². The van der Waals surface area contributed by atoms with Crippen molar-refractivity contribution in [1.82, 2.24) is 14.6 Å². The van der Waals surface area contributed by atoms with Gasteiger partial charge in [0.1, 0.15) is 0 Å². The predicted molar refractivity (Wildman–Crippen MR) is 56.3 cm³/mol. The summed E-state index contributed by atoms with van der Waals surface area (Å²) in [5.74, 6) is 0. The van der Waals surface area contributed by atoms with Crippen LogP contribution in [0.1, 0.15) is 18.3 Å². The monoisotopic (exact) mass is 187 g/mol. The van der Waals surface area contributed by atoms with Crippen LogP contribution in [0.3, 0.4) is 0 Å². The molecule has 0 fully saturated rings. The van der Waals surface area contributed by atoms with Gasteiger partial charge in [-0.1, -0.05) is 13.0 Å². The van der Waals surface area contributed by atoms with Crippen LogP contribution >= 0.6 is 0 Å². The van der Waals surface area contributed by atoms with E-state index in [1.165, 1.54) is 0 Å². The molecule has 0 atom stereocenters. The third kappa shape index (κ3) is 1.41. The van der Waals surface area contributed by atoms with E-state index in [0.29, 0.717) is 0 Å². The molecule has 0 saturated heterocycles. The van der Waals surface area contributed by atoms with Gasteiger partial charge < -0.3 is 0 Å². The highest BCUT2D eigenvalue weighted by Gasteiger charge is 2.02. The zero-order chi connectivity index (χ0) is 9.97. The fourth-order valence-electron chi connectivity index (χ4n) is 1.46. The van der Waals surface area contributed by atoms with Crippen molar-refractivity contribution in [2.75, 3.05) is 0 Å². The third-order valence-electron chi connectivity index (χ3n) is 2.20. The summed E-state index contributed by atoms with van der Waals surface area (Å²) in [6.07, 6.45) is 5.49. The lowest BCUT2D eigenvalue weighted by atomic mass is 10.3. The van der Waals surface area contributed by atoms with Crippen molar-refractivity contribution in [3.63, 3.8) is 0 Å². The Morgan fingerprint density at radius 1 is 1.50 bits per heavy atom. The molecule has 0 aromatic carbocycles. The van der Waals surface area contributed by atoms with Gasteiger partial charge in [-0.3, -0.25) is 0 Å². The van der Waals surface area contributed by atoms with Crippen molar-refractivity contribution in [3.05, 3.63) is 42.4 Å². The molecule has 0 bridgehead atoms. The van der Waals surface area contributed by atoms with Gasteiger partial charge in [0.05, 0.1) is 17.6 Å². The SMILES string of the molecule is C=CCc1ccc2ncc(CC)n2n1. The van der Waals surface area contributed by atoms with Gasteiger partial charge in [-0.2, -0.15) is 5.10 Å². The summed E-state index contributed by atoms with van der Waals surface area (Å²) in [6.45, 7) is 5.80. The number of imidazole rings is 1. The van der Waals surface area contributed by atoms with E-state index >= 15 is 0 Å². The maximum absolute atomic E-state index is 4.48. The number of fused-ring (bicyclic) bond motifs is 1. The van der Waals surface area contributed by atoms with E-state index in [-0.39, 0.29) is 0 Å². The third-order valence-corrected chi connectivity index (χ3v) is 2.20. The Kier molecular flexibility index (Phi) is 2.31. The predicted octanol–water partition coefficient (Wildman–Crippen LogP) is 2.02. The van der Waals surface area contributed by atoms with Gasteiger partial charge in [0.25, 0.3) is 0 Å². The van der Waals surface area contributed by atoms with Gasteiger partial charge in [0, 0.05) is 6.42 Å². The Labute approximate surface area is 83.1 Å². The number of hydrogen-bond acceptors (Lipinski definition) is 2. The van der Waals surface area contributed by atoms with Crippen LogP contribution in [-0.4, -0.2) is 14.6 Å². The van der Waals surface area contributed by atoms with E-state index in [4.69, 9.17) is 0 Å². The maximum atomic E-state index is 4.48. The number of rotatable bonds is 3. The standard InChI is InChI=1S/C11H13N3/c1-3-5-9-6-7-11-12-8-10(4-2)14(11)13-9/h3,6-8H,1,4-5H2,2H3. The lowest BCUT2D eigenvalue weighted by Gasteiger charge is -1.99. The highest BCUT2D eigenvalue weighted by Crippen LogP contribution is 2.06. The van der Waals surface area contributed by atoms with Gasteiger partial charge >= 0.3 is 0 Å². The molecule has 0 amide bonds. The molecule has 2 rings (SSSR count). The fourth-order valence-corrected chi connectivity index (χ4v) is 1.46. The Bertz CT molecular complexity index is 457.